The van der Waals surface area contributed by atoms with E-state index in [1.165, 1.54) is 0 Å². The molecule has 6 atom stereocenters. The molecule has 0 radical (unpaired) electrons. The maximum absolute atomic E-state index is 14.0. The van der Waals surface area contributed by atoms with E-state index in [0.717, 1.165) is 41.0 Å². The summed E-state index contributed by atoms with van der Waals surface area (Å²) >= 11 is 0. The zero-order chi connectivity index (χ0) is 37.5. The first kappa shape index (κ1) is 39.4. The van der Waals surface area contributed by atoms with E-state index in [9.17, 15) is 23.6 Å². The van der Waals surface area contributed by atoms with Crippen molar-refractivity contribution < 1.29 is 41.3 Å². The van der Waals surface area contributed by atoms with Gasteiger partial charge >= 0.3 is 0 Å². The number of hydrogen-bond acceptors (Lipinski definition) is 10. The first-order valence-corrected chi connectivity index (χ1v) is 21.5. The minimum absolute atomic E-state index is 0.0184. The Morgan fingerprint density at radius 2 is 1.06 bits per heavy atom. The summed E-state index contributed by atoms with van der Waals surface area (Å²) in [5.74, 6) is 0. The molecule has 4 aromatic carbocycles. The van der Waals surface area contributed by atoms with Crippen LogP contribution in [-0.2, 0) is 52.8 Å². The van der Waals surface area contributed by atoms with Gasteiger partial charge in [-0.3, -0.25) is 14.3 Å². The molecule has 1 fully saturated rings. The summed E-state index contributed by atoms with van der Waals surface area (Å²) in [7, 11) is -7.27. The van der Waals surface area contributed by atoms with Gasteiger partial charge in [-0.2, -0.15) is 8.42 Å². The summed E-state index contributed by atoms with van der Waals surface area (Å²) < 4.78 is 60.7. The van der Waals surface area contributed by atoms with E-state index in [4.69, 9.17) is 22.8 Å². The van der Waals surface area contributed by atoms with Gasteiger partial charge in [0.2, 0.25) is 0 Å². The van der Waals surface area contributed by atoms with Gasteiger partial charge in [0.1, 0.15) is 36.6 Å². The van der Waals surface area contributed by atoms with E-state index in [2.05, 4.69) is 33.9 Å². The molecule has 5 rings (SSSR count). The SMILES string of the molecule is CC(C)(C)[Si](C)(C)O[C@@H]1[C@@H](OCc2ccccc2)[C@H](OS(=O)(=O)c2ccc([N+](=O)[O-])cc2)[C@H](OCc2ccccc2)[C@H](O)[C@H]1OCc1ccccc1. The third kappa shape index (κ3) is 9.79. The molecule has 0 aliphatic heterocycles. The third-order valence-electron chi connectivity index (χ3n) is 9.64. The summed E-state index contributed by atoms with van der Waals surface area (Å²) in [4.78, 5) is 10.4. The van der Waals surface area contributed by atoms with Crippen LogP contribution in [0.15, 0.2) is 120 Å². The van der Waals surface area contributed by atoms with Crippen LogP contribution in [0.25, 0.3) is 0 Å². The van der Waals surface area contributed by atoms with Crippen LogP contribution in [0.5, 0.6) is 0 Å². The van der Waals surface area contributed by atoms with Crippen LogP contribution in [0.1, 0.15) is 37.5 Å². The minimum atomic E-state index is -4.60. The van der Waals surface area contributed by atoms with Gasteiger partial charge in [0.25, 0.3) is 15.8 Å². The number of nitrogens with zero attached hydrogens (tertiary/aromatic N) is 1. The highest BCUT2D eigenvalue weighted by molar-refractivity contribution is 7.86. The Hall–Kier alpha value is -3.79. The predicted octanol–water partition coefficient (Wildman–Crippen LogP) is 7.19. The van der Waals surface area contributed by atoms with Crippen molar-refractivity contribution in [2.75, 3.05) is 0 Å². The molecular weight excluding hydrogens is 703 g/mol. The number of ether oxygens (including phenoxy) is 3. The van der Waals surface area contributed by atoms with Crippen molar-refractivity contribution in [3.8, 4) is 0 Å². The Bertz CT molecular complexity index is 1840. The summed E-state index contributed by atoms with van der Waals surface area (Å²) in [5, 5.41) is 23.3. The lowest BCUT2D eigenvalue weighted by Gasteiger charge is -2.51. The van der Waals surface area contributed by atoms with Crippen molar-refractivity contribution in [2.24, 2.45) is 0 Å². The fourth-order valence-electron chi connectivity index (χ4n) is 5.71. The van der Waals surface area contributed by atoms with E-state index < -0.39 is 60.0 Å². The number of aliphatic hydroxyl groups is 1. The molecule has 0 amide bonds. The minimum Gasteiger partial charge on any atom is -0.408 e. The molecular formula is C39H47NO10SSi. The quantitative estimate of drug-likeness (QED) is 0.0574. The van der Waals surface area contributed by atoms with Crippen LogP contribution < -0.4 is 0 Å². The molecule has 0 bridgehead atoms. The molecule has 0 heterocycles. The van der Waals surface area contributed by atoms with Crippen LogP contribution in [-0.4, -0.2) is 63.4 Å². The highest BCUT2D eigenvalue weighted by Crippen LogP contribution is 2.42. The fraction of sp³-hybridized carbons (Fsp3) is 0.385. The van der Waals surface area contributed by atoms with Crippen molar-refractivity contribution in [3.05, 3.63) is 142 Å². The van der Waals surface area contributed by atoms with Gasteiger partial charge in [-0.1, -0.05) is 112 Å². The topological polar surface area (TPSA) is 144 Å². The second-order valence-corrected chi connectivity index (χ2v) is 20.7. The standard InChI is InChI=1S/C39H47NO10SSi/c1-39(2,3)52(4,5)50-38-35(47-26-29-17-11-7-12-18-29)33(41)34(46-25-28-15-9-6-10-16-28)37(36(38)48-27-30-19-13-8-14-20-30)49-51(44,45)32-23-21-31(22-24-32)40(42)43/h6-24,33-38,41H,25-27H2,1-5H3/t33-,34+,35+,36-,37+,38-/m0/s1. The fourth-order valence-corrected chi connectivity index (χ4v) is 8.10. The molecule has 4 aromatic rings. The highest BCUT2D eigenvalue weighted by atomic mass is 32.2. The zero-order valence-electron chi connectivity index (χ0n) is 30.0. The largest absolute Gasteiger partial charge is 0.408 e. The normalized spacial score (nSPS) is 22.6. The molecule has 1 aliphatic carbocycles. The van der Waals surface area contributed by atoms with Crippen LogP contribution >= 0.6 is 0 Å². The average molecular weight is 750 g/mol. The van der Waals surface area contributed by atoms with Gasteiger partial charge in [-0.05, 0) is 47.0 Å². The Morgan fingerprint density at radius 3 is 1.46 bits per heavy atom. The first-order valence-electron chi connectivity index (χ1n) is 17.2. The smallest absolute Gasteiger partial charge is 0.297 e. The molecule has 11 nitrogen and oxygen atoms in total. The van der Waals surface area contributed by atoms with Crippen molar-refractivity contribution >= 4 is 24.1 Å². The van der Waals surface area contributed by atoms with Crippen molar-refractivity contribution in [2.45, 2.75) is 100 Å². The van der Waals surface area contributed by atoms with Crippen molar-refractivity contribution in [1.82, 2.24) is 0 Å². The van der Waals surface area contributed by atoms with Gasteiger partial charge in [-0.15, -0.1) is 0 Å². The van der Waals surface area contributed by atoms with Crippen LogP contribution in [0.2, 0.25) is 18.1 Å². The number of nitro benzene ring substituents is 1. The third-order valence-corrected chi connectivity index (χ3v) is 15.4. The molecule has 0 aromatic heterocycles. The number of nitro groups is 1. The Kier molecular flexibility index (Phi) is 12.8. The molecule has 1 saturated carbocycles. The molecule has 13 heteroatoms. The Morgan fingerprint density at radius 1 is 0.654 bits per heavy atom. The summed E-state index contributed by atoms with van der Waals surface area (Å²) in [5.41, 5.74) is 2.19. The van der Waals surface area contributed by atoms with E-state index >= 15 is 0 Å². The molecule has 0 spiro atoms. The van der Waals surface area contributed by atoms with Gasteiger partial charge in [0.05, 0.1) is 29.6 Å². The lowest BCUT2D eigenvalue weighted by molar-refractivity contribution is -0.384. The average Bonchev–Trinajstić information content (AvgIpc) is 3.12. The molecule has 0 saturated heterocycles. The lowest BCUT2D eigenvalue weighted by atomic mass is 9.84. The number of rotatable bonds is 15. The molecule has 278 valence electrons. The van der Waals surface area contributed by atoms with Crippen molar-refractivity contribution in [3.63, 3.8) is 0 Å². The summed E-state index contributed by atoms with van der Waals surface area (Å²) in [6.45, 7) is 10.6. The Labute approximate surface area is 306 Å². The maximum Gasteiger partial charge on any atom is 0.297 e. The molecule has 1 N–H and O–H groups in total. The molecule has 1 aliphatic rings. The van der Waals surface area contributed by atoms with E-state index in [-0.39, 0.29) is 35.4 Å². The van der Waals surface area contributed by atoms with Gasteiger partial charge in [0.15, 0.2) is 8.32 Å². The van der Waals surface area contributed by atoms with Gasteiger partial charge in [0, 0.05) is 12.1 Å². The second-order valence-electron chi connectivity index (χ2n) is 14.4. The van der Waals surface area contributed by atoms with E-state index in [1.54, 1.807) is 0 Å². The van der Waals surface area contributed by atoms with Gasteiger partial charge in [-0.25, -0.2) is 0 Å². The summed E-state index contributed by atoms with van der Waals surface area (Å²) in [6.07, 6.45) is -7.32. The summed E-state index contributed by atoms with van der Waals surface area (Å²) in [6, 6.07) is 32.6. The number of non-ortho nitro benzene ring substituents is 1. The van der Waals surface area contributed by atoms with Gasteiger partial charge < -0.3 is 23.7 Å². The highest BCUT2D eigenvalue weighted by Gasteiger charge is 2.57. The van der Waals surface area contributed by atoms with Crippen LogP contribution in [0, 0.1) is 10.1 Å². The monoisotopic (exact) mass is 749 g/mol. The predicted molar refractivity (Wildman–Crippen MR) is 198 cm³/mol. The molecule has 52 heavy (non-hydrogen) atoms. The van der Waals surface area contributed by atoms with Crippen LogP contribution in [0.3, 0.4) is 0 Å². The number of benzene rings is 4. The lowest BCUT2D eigenvalue weighted by Crippen LogP contribution is -2.69. The maximum atomic E-state index is 14.0. The number of aliphatic hydroxyl groups excluding tert-OH is 1. The zero-order valence-corrected chi connectivity index (χ0v) is 31.8. The number of hydrogen-bond donors (Lipinski definition) is 1. The van der Waals surface area contributed by atoms with E-state index in [1.807, 2.05) is 91.0 Å². The first-order chi connectivity index (χ1) is 24.7. The Balaban J connectivity index is 1.61. The second kappa shape index (κ2) is 16.9. The van der Waals surface area contributed by atoms with Crippen molar-refractivity contribution in [1.29, 1.82) is 0 Å². The van der Waals surface area contributed by atoms with E-state index in [0.29, 0.717) is 0 Å². The van der Waals surface area contributed by atoms with Crippen LogP contribution in [0.4, 0.5) is 5.69 Å². The molecule has 0 unspecified atom stereocenters.